The van der Waals surface area contributed by atoms with Crippen LogP contribution in [0.15, 0.2) is 18.2 Å². The van der Waals surface area contributed by atoms with E-state index < -0.39 is 0 Å². The monoisotopic (exact) mass is 261 g/mol. The van der Waals surface area contributed by atoms with Crippen LogP contribution >= 0.6 is 0 Å². The number of amides is 2. The molecule has 0 spiro atoms. The summed E-state index contributed by atoms with van der Waals surface area (Å²) in [5, 5.41) is 3.01. The Hall–Kier alpha value is -1.71. The summed E-state index contributed by atoms with van der Waals surface area (Å²) in [6, 6.07) is 6.27. The molecule has 19 heavy (non-hydrogen) atoms. The largest absolute Gasteiger partial charge is 0.334 e. The lowest BCUT2D eigenvalue weighted by atomic mass is 9.96. The van der Waals surface area contributed by atoms with Crippen LogP contribution in [0.2, 0.25) is 0 Å². The Morgan fingerprint density at radius 3 is 2.58 bits per heavy atom. The molecule has 1 aliphatic carbocycles. The van der Waals surface area contributed by atoms with Gasteiger partial charge in [-0.3, -0.25) is 10.9 Å². The van der Waals surface area contributed by atoms with E-state index in [4.69, 9.17) is 0 Å². The molecule has 0 aromatic heterocycles. The quantitative estimate of drug-likeness (QED) is 0.731. The molecule has 0 atom stereocenters. The Labute approximate surface area is 114 Å². The fraction of sp³-hybridized carbons (Fsp3) is 0.533. The summed E-state index contributed by atoms with van der Waals surface area (Å²) in [5.74, 6) is 0. The number of benzene rings is 1. The molecule has 3 N–H and O–H groups in total. The average Bonchev–Trinajstić information content (AvgIpc) is 2.39. The van der Waals surface area contributed by atoms with Crippen molar-refractivity contribution in [2.45, 2.75) is 52.0 Å². The van der Waals surface area contributed by atoms with E-state index in [-0.39, 0.29) is 6.03 Å². The predicted octanol–water partition coefficient (Wildman–Crippen LogP) is 3.26. The molecular weight excluding hydrogens is 238 g/mol. The first-order valence-corrected chi connectivity index (χ1v) is 7.05. The number of rotatable bonds is 3. The third kappa shape index (κ3) is 4.16. The smallest absolute Gasteiger partial charge is 0.333 e. The van der Waals surface area contributed by atoms with Crippen LogP contribution in [-0.4, -0.2) is 12.1 Å². The second-order valence-corrected chi connectivity index (χ2v) is 5.38. The summed E-state index contributed by atoms with van der Waals surface area (Å²) in [6.45, 7) is 4.08. The second kappa shape index (κ2) is 6.45. The van der Waals surface area contributed by atoms with Crippen LogP contribution in [0.4, 0.5) is 10.5 Å². The number of nitrogens with one attached hydrogen (secondary N) is 3. The van der Waals surface area contributed by atoms with Crippen molar-refractivity contribution in [1.82, 2.24) is 10.7 Å². The molecule has 2 amide bonds. The van der Waals surface area contributed by atoms with E-state index in [0.717, 1.165) is 24.1 Å². The summed E-state index contributed by atoms with van der Waals surface area (Å²) in [5.41, 5.74) is 8.95. The van der Waals surface area contributed by atoms with Crippen molar-refractivity contribution >= 4 is 11.7 Å². The van der Waals surface area contributed by atoms with E-state index in [1.165, 1.54) is 24.8 Å². The lowest BCUT2D eigenvalue weighted by Gasteiger charge is -2.23. The first kappa shape index (κ1) is 13.7. The van der Waals surface area contributed by atoms with E-state index in [1.54, 1.807) is 0 Å². The molecule has 0 heterocycles. The Balaban J connectivity index is 1.79. The van der Waals surface area contributed by atoms with Crippen molar-refractivity contribution in [2.75, 3.05) is 5.43 Å². The maximum atomic E-state index is 11.8. The zero-order valence-electron chi connectivity index (χ0n) is 11.8. The molecule has 0 saturated heterocycles. The molecule has 1 fully saturated rings. The minimum absolute atomic E-state index is 0.146. The van der Waals surface area contributed by atoms with Crippen LogP contribution in [0.5, 0.6) is 0 Å². The minimum Gasteiger partial charge on any atom is -0.334 e. The molecule has 1 saturated carbocycles. The third-order valence-electron chi connectivity index (χ3n) is 3.63. The Bertz CT molecular complexity index is 439. The van der Waals surface area contributed by atoms with E-state index in [0.29, 0.717) is 6.04 Å². The van der Waals surface area contributed by atoms with Crippen molar-refractivity contribution in [3.05, 3.63) is 29.3 Å². The van der Waals surface area contributed by atoms with E-state index in [1.807, 2.05) is 19.1 Å². The summed E-state index contributed by atoms with van der Waals surface area (Å²) in [6.07, 6.45) is 5.92. The van der Waals surface area contributed by atoms with Gasteiger partial charge in [-0.1, -0.05) is 37.0 Å². The predicted molar refractivity (Wildman–Crippen MR) is 78.1 cm³/mol. The number of hydrazine groups is 1. The van der Waals surface area contributed by atoms with E-state index >= 15 is 0 Å². The number of anilines is 1. The second-order valence-electron chi connectivity index (χ2n) is 5.38. The molecule has 1 aliphatic rings. The van der Waals surface area contributed by atoms with Crippen LogP contribution in [0.25, 0.3) is 0 Å². The summed E-state index contributed by atoms with van der Waals surface area (Å²) in [7, 11) is 0. The van der Waals surface area contributed by atoms with Crippen molar-refractivity contribution in [3.8, 4) is 0 Å². The molecule has 0 radical (unpaired) electrons. The first-order valence-electron chi connectivity index (χ1n) is 7.05. The first-order chi connectivity index (χ1) is 9.15. The molecule has 1 aromatic rings. The number of urea groups is 1. The van der Waals surface area contributed by atoms with Gasteiger partial charge in [0.2, 0.25) is 0 Å². The zero-order valence-corrected chi connectivity index (χ0v) is 11.8. The maximum absolute atomic E-state index is 11.8. The van der Waals surface area contributed by atoms with Crippen molar-refractivity contribution < 1.29 is 4.79 Å². The molecule has 4 nitrogen and oxygen atoms in total. The number of aryl methyl sites for hydroxylation is 2. The molecule has 104 valence electrons. The Morgan fingerprint density at radius 2 is 1.89 bits per heavy atom. The third-order valence-corrected chi connectivity index (χ3v) is 3.63. The van der Waals surface area contributed by atoms with Gasteiger partial charge in [0.25, 0.3) is 0 Å². The number of hydrogen-bond donors (Lipinski definition) is 3. The molecule has 2 rings (SSSR count). The maximum Gasteiger partial charge on any atom is 0.333 e. The van der Waals surface area contributed by atoms with Crippen LogP contribution in [0.1, 0.15) is 43.2 Å². The topological polar surface area (TPSA) is 53.2 Å². The number of carbonyl (C=O) groups excluding carboxylic acids is 1. The normalized spacial score (nSPS) is 15.9. The van der Waals surface area contributed by atoms with E-state index in [2.05, 4.69) is 29.2 Å². The lowest BCUT2D eigenvalue weighted by molar-refractivity contribution is 0.234. The molecule has 0 unspecified atom stereocenters. The average molecular weight is 261 g/mol. The van der Waals surface area contributed by atoms with Crippen molar-refractivity contribution in [1.29, 1.82) is 0 Å². The highest BCUT2D eigenvalue weighted by Crippen LogP contribution is 2.17. The SMILES string of the molecule is Cc1ccc(NNC(=O)NC2CCCCC2)c(C)c1. The molecule has 0 bridgehead atoms. The van der Waals surface area contributed by atoms with Crippen LogP contribution < -0.4 is 16.2 Å². The van der Waals surface area contributed by atoms with Crippen molar-refractivity contribution in [3.63, 3.8) is 0 Å². The Morgan fingerprint density at radius 1 is 1.16 bits per heavy atom. The highest BCUT2D eigenvalue weighted by Gasteiger charge is 2.15. The van der Waals surface area contributed by atoms with Gasteiger partial charge in [0.15, 0.2) is 0 Å². The standard InChI is InChI=1S/C15H23N3O/c1-11-8-9-14(12(2)10-11)17-18-15(19)16-13-6-4-3-5-7-13/h8-10,13,17H,3-7H2,1-2H3,(H2,16,18,19). The van der Waals surface area contributed by atoms with Gasteiger partial charge >= 0.3 is 6.03 Å². The fourth-order valence-corrected chi connectivity index (χ4v) is 2.55. The summed E-state index contributed by atoms with van der Waals surface area (Å²) >= 11 is 0. The highest BCUT2D eigenvalue weighted by molar-refractivity contribution is 5.76. The van der Waals surface area contributed by atoms with Gasteiger partial charge in [0.05, 0.1) is 5.69 Å². The van der Waals surface area contributed by atoms with Gasteiger partial charge in [-0.25, -0.2) is 4.79 Å². The lowest BCUT2D eigenvalue weighted by Crippen LogP contribution is -2.45. The zero-order chi connectivity index (χ0) is 13.7. The van der Waals surface area contributed by atoms with Crippen LogP contribution in [-0.2, 0) is 0 Å². The van der Waals surface area contributed by atoms with Gasteiger partial charge in [0.1, 0.15) is 0 Å². The fourth-order valence-electron chi connectivity index (χ4n) is 2.55. The Kier molecular flexibility index (Phi) is 4.66. The summed E-state index contributed by atoms with van der Waals surface area (Å²) in [4.78, 5) is 11.8. The highest BCUT2D eigenvalue weighted by atomic mass is 16.2. The van der Waals surface area contributed by atoms with Crippen molar-refractivity contribution in [2.24, 2.45) is 0 Å². The van der Waals surface area contributed by atoms with E-state index in [9.17, 15) is 4.79 Å². The van der Waals surface area contributed by atoms with Gasteiger partial charge < -0.3 is 5.32 Å². The molecule has 1 aromatic carbocycles. The number of hydrogen-bond acceptors (Lipinski definition) is 2. The minimum atomic E-state index is -0.146. The number of carbonyl (C=O) groups is 1. The van der Waals surface area contributed by atoms with Crippen LogP contribution in [0, 0.1) is 13.8 Å². The van der Waals surface area contributed by atoms with Gasteiger partial charge in [-0.15, -0.1) is 0 Å². The van der Waals surface area contributed by atoms with Gasteiger partial charge in [-0.2, -0.15) is 0 Å². The van der Waals surface area contributed by atoms with Gasteiger partial charge in [-0.05, 0) is 38.3 Å². The molecule has 4 heteroatoms. The van der Waals surface area contributed by atoms with Gasteiger partial charge in [0, 0.05) is 6.04 Å². The molecule has 0 aliphatic heterocycles. The van der Waals surface area contributed by atoms with Crippen LogP contribution in [0.3, 0.4) is 0 Å². The summed E-state index contributed by atoms with van der Waals surface area (Å²) < 4.78 is 0. The molecular formula is C15H23N3O.